The van der Waals surface area contributed by atoms with Crippen molar-refractivity contribution in [1.82, 2.24) is 24.7 Å². The van der Waals surface area contributed by atoms with Crippen molar-refractivity contribution in [2.45, 2.75) is 32.2 Å². The number of nitrogens with one attached hydrogen (secondary N) is 1. The maximum atomic E-state index is 5.38. The Morgan fingerprint density at radius 2 is 1.90 bits per heavy atom. The van der Waals surface area contributed by atoms with Gasteiger partial charge >= 0.3 is 0 Å². The first-order valence-corrected chi connectivity index (χ1v) is 10.5. The number of aromatic amines is 1. The first-order valence-electron chi connectivity index (χ1n) is 10.1. The number of hydrogen-bond acceptors (Lipinski definition) is 4. The van der Waals surface area contributed by atoms with E-state index in [0.29, 0.717) is 17.2 Å². The van der Waals surface area contributed by atoms with Crippen molar-refractivity contribution in [3.05, 3.63) is 88.1 Å². The van der Waals surface area contributed by atoms with Gasteiger partial charge in [0.2, 0.25) is 4.77 Å². The van der Waals surface area contributed by atoms with Crippen LogP contribution in [0, 0.1) is 11.7 Å². The van der Waals surface area contributed by atoms with Gasteiger partial charge in [-0.3, -0.25) is 9.78 Å². The van der Waals surface area contributed by atoms with Crippen LogP contribution in [-0.2, 0) is 6.54 Å². The molecule has 0 aliphatic heterocycles. The predicted molar refractivity (Wildman–Crippen MR) is 120 cm³/mol. The van der Waals surface area contributed by atoms with E-state index in [2.05, 4.69) is 58.6 Å². The van der Waals surface area contributed by atoms with Crippen LogP contribution in [0.25, 0.3) is 11.3 Å². The van der Waals surface area contributed by atoms with E-state index >= 15 is 0 Å². The smallest absolute Gasteiger partial charge is 0.216 e. The summed E-state index contributed by atoms with van der Waals surface area (Å²) in [4.78, 5) is 0. The Morgan fingerprint density at radius 3 is 2.63 bits per heavy atom. The molecule has 0 amide bonds. The average Bonchev–Trinajstić information content (AvgIpc) is 3.43. The summed E-state index contributed by atoms with van der Waals surface area (Å²) in [6.07, 6.45) is 6.14. The summed E-state index contributed by atoms with van der Waals surface area (Å²) in [7, 11) is 0. The van der Waals surface area contributed by atoms with Crippen LogP contribution in [0.2, 0.25) is 0 Å². The molecule has 0 unspecified atom stereocenters. The molecular weight excluding hydrogens is 392 g/mol. The zero-order valence-corrected chi connectivity index (χ0v) is 17.5. The summed E-state index contributed by atoms with van der Waals surface area (Å²) in [5.41, 5.74) is 5.33. The number of H-pyrrole nitrogens is 1. The van der Waals surface area contributed by atoms with E-state index in [1.807, 2.05) is 35.3 Å². The topological polar surface area (TPSA) is 63.8 Å². The van der Waals surface area contributed by atoms with Crippen LogP contribution < -0.4 is 0 Å². The summed E-state index contributed by atoms with van der Waals surface area (Å²) >= 11 is 5.38. The summed E-state index contributed by atoms with van der Waals surface area (Å²) in [6.45, 7) is 2.78. The van der Waals surface area contributed by atoms with E-state index in [1.165, 1.54) is 11.1 Å². The summed E-state index contributed by atoms with van der Waals surface area (Å²) in [5, 5.41) is 16.7. The fourth-order valence-electron chi connectivity index (χ4n) is 3.46. The van der Waals surface area contributed by atoms with Gasteiger partial charge in [0, 0.05) is 23.2 Å². The molecule has 1 saturated carbocycles. The lowest BCUT2D eigenvalue weighted by Gasteiger charge is -2.02. The highest BCUT2D eigenvalue weighted by Crippen LogP contribution is 2.38. The molecule has 5 rings (SSSR count). The Labute approximate surface area is 179 Å². The van der Waals surface area contributed by atoms with Gasteiger partial charge < -0.3 is 0 Å². The molecule has 1 N–H and O–H groups in total. The fraction of sp³-hybridized carbons (Fsp3) is 0.217. The largest absolute Gasteiger partial charge is 0.267 e. The first-order chi connectivity index (χ1) is 14.7. The molecule has 1 fully saturated rings. The van der Waals surface area contributed by atoms with E-state index in [1.54, 1.807) is 4.68 Å². The summed E-state index contributed by atoms with van der Waals surface area (Å²) in [5.74, 6) is 1.36. The van der Waals surface area contributed by atoms with Crippen LogP contribution in [0.4, 0.5) is 0 Å². The molecule has 30 heavy (non-hydrogen) atoms. The Bertz CT molecular complexity index is 1240. The zero-order chi connectivity index (χ0) is 20.5. The van der Waals surface area contributed by atoms with E-state index in [-0.39, 0.29) is 0 Å². The average molecular weight is 415 g/mol. The highest BCUT2D eigenvalue weighted by molar-refractivity contribution is 7.71. The number of aromatic nitrogens is 5. The lowest BCUT2D eigenvalue weighted by molar-refractivity contribution is 0.689. The molecule has 7 heteroatoms. The molecule has 1 aliphatic carbocycles. The molecule has 0 atom stereocenters. The molecule has 2 aromatic heterocycles. The van der Waals surface area contributed by atoms with Gasteiger partial charge in [-0.2, -0.15) is 20.0 Å². The van der Waals surface area contributed by atoms with Crippen LogP contribution in [0.15, 0.2) is 65.9 Å². The molecule has 0 spiro atoms. The third-order valence-corrected chi connectivity index (χ3v) is 5.50. The van der Waals surface area contributed by atoms with Gasteiger partial charge in [0.05, 0.1) is 12.8 Å². The lowest BCUT2D eigenvalue weighted by atomic mass is 10.1. The van der Waals surface area contributed by atoms with Crippen molar-refractivity contribution < 1.29 is 0 Å². The minimum atomic E-state index is 0.451. The molecule has 2 heterocycles. The predicted octanol–water partition coefficient (Wildman–Crippen LogP) is 4.92. The van der Waals surface area contributed by atoms with Gasteiger partial charge in [0.15, 0.2) is 5.82 Å². The fourth-order valence-corrected chi connectivity index (χ4v) is 3.65. The van der Waals surface area contributed by atoms with Crippen molar-refractivity contribution >= 4 is 18.4 Å². The quantitative estimate of drug-likeness (QED) is 0.360. The molecule has 1 aliphatic rings. The first kappa shape index (κ1) is 18.7. The molecular formula is C23H22N6S. The van der Waals surface area contributed by atoms with Crippen LogP contribution >= 0.6 is 12.2 Å². The van der Waals surface area contributed by atoms with Crippen LogP contribution in [0.5, 0.6) is 0 Å². The molecule has 0 radical (unpaired) electrons. The molecule has 6 nitrogen and oxygen atoms in total. The Kier molecular flexibility index (Phi) is 4.88. The zero-order valence-electron chi connectivity index (χ0n) is 16.7. The van der Waals surface area contributed by atoms with Gasteiger partial charge in [0.25, 0.3) is 0 Å². The van der Waals surface area contributed by atoms with Crippen molar-refractivity contribution in [2.24, 2.45) is 5.10 Å². The van der Waals surface area contributed by atoms with Gasteiger partial charge in [-0.05, 0) is 37.5 Å². The Morgan fingerprint density at radius 1 is 1.13 bits per heavy atom. The second-order valence-corrected chi connectivity index (χ2v) is 8.09. The monoisotopic (exact) mass is 414 g/mol. The second-order valence-electron chi connectivity index (χ2n) is 7.70. The van der Waals surface area contributed by atoms with E-state index < -0.39 is 0 Å². The Balaban J connectivity index is 1.53. The van der Waals surface area contributed by atoms with Crippen LogP contribution in [0.1, 0.15) is 41.3 Å². The van der Waals surface area contributed by atoms with Crippen molar-refractivity contribution in [3.8, 4) is 11.3 Å². The van der Waals surface area contributed by atoms with E-state index in [0.717, 1.165) is 35.5 Å². The van der Waals surface area contributed by atoms with Gasteiger partial charge in [0.1, 0.15) is 5.69 Å². The number of benzene rings is 2. The highest BCUT2D eigenvalue weighted by Gasteiger charge is 2.29. The third kappa shape index (κ3) is 3.89. The van der Waals surface area contributed by atoms with E-state index in [9.17, 15) is 0 Å². The molecule has 4 aromatic rings. The van der Waals surface area contributed by atoms with E-state index in [4.69, 9.17) is 17.3 Å². The number of hydrogen-bond donors (Lipinski definition) is 1. The lowest BCUT2D eigenvalue weighted by Crippen LogP contribution is -2.00. The summed E-state index contributed by atoms with van der Waals surface area (Å²) in [6, 6.07) is 18.7. The molecule has 0 bridgehead atoms. The minimum absolute atomic E-state index is 0.451. The number of rotatable bonds is 6. The van der Waals surface area contributed by atoms with Gasteiger partial charge in [-0.1, -0.05) is 60.2 Å². The minimum Gasteiger partial charge on any atom is -0.267 e. The van der Waals surface area contributed by atoms with Crippen molar-refractivity contribution in [3.63, 3.8) is 0 Å². The SMILES string of the molecule is Cc1ccc(-c2nn(Cc3ccccc3)cc2/C=N\n2c(C3CC3)n[nH]c2=S)cc1. The Hall–Kier alpha value is -3.32. The van der Waals surface area contributed by atoms with Crippen molar-refractivity contribution in [2.75, 3.05) is 0 Å². The van der Waals surface area contributed by atoms with Crippen molar-refractivity contribution in [1.29, 1.82) is 0 Å². The maximum Gasteiger partial charge on any atom is 0.216 e. The molecule has 0 saturated heterocycles. The van der Waals surface area contributed by atoms with Crippen LogP contribution in [-0.4, -0.2) is 30.9 Å². The molecule has 150 valence electrons. The van der Waals surface area contributed by atoms with Gasteiger partial charge in [-0.25, -0.2) is 0 Å². The second kappa shape index (κ2) is 7.84. The molecule has 2 aromatic carbocycles. The normalized spacial score (nSPS) is 13.9. The maximum absolute atomic E-state index is 5.38. The number of nitrogens with zero attached hydrogens (tertiary/aromatic N) is 5. The third-order valence-electron chi connectivity index (χ3n) is 5.23. The number of aryl methyl sites for hydroxylation is 1. The highest BCUT2D eigenvalue weighted by atomic mass is 32.1. The van der Waals surface area contributed by atoms with Crippen LogP contribution in [0.3, 0.4) is 0 Å². The van der Waals surface area contributed by atoms with Gasteiger partial charge in [-0.15, -0.1) is 0 Å². The standard InChI is InChI=1S/C23H22N6S/c1-16-7-9-18(10-8-16)21-20(15-28(27-21)14-17-5-3-2-4-6-17)13-24-29-22(19-11-12-19)25-26-23(29)30/h2-10,13,15,19H,11-12,14H2,1H3,(H,26,30)/b24-13-. The summed E-state index contributed by atoms with van der Waals surface area (Å²) < 4.78 is 4.21.